The first-order chi connectivity index (χ1) is 23.2. The van der Waals surface area contributed by atoms with Crippen LogP contribution in [-0.2, 0) is 31.9 Å². The van der Waals surface area contributed by atoms with E-state index in [2.05, 4.69) is 141 Å². The van der Waals surface area contributed by atoms with Gasteiger partial charge in [0.2, 0.25) is 0 Å². The zero-order valence-electron chi connectivity index (χ0n) is 30.2. The molecule has 5 aromatic carbocycles. The molecule has 0 aliphatic rings. The molecule has 0 spiro atoms. The molecule has 0 amide bonds. The van der Waals surface area contributed by atoms with Crippen molar-refractivity contribution in [3.05, 3.63) is 125 Å². The molecule has 0 radical (unpaired) electrons. The fraction of sp³-hybridized carbons (Fsp3) is 0.244. The number of aryl methyl sites for hydroxylation is 3. The molecule has 256 valence electrons. The number of benzene rings is 5. The Morgan fingerprint density at radius 3 is 1.92 bits per heavy atom. The summed E-state index contributed by atoms with van der Waals surface area (Å²) in [5, 5.41) is 13.0. The number of hydrogen-bond acceptors (Lipinski definition) is 4. The van der Waals surface area contributed by atoms with Gasteiger partial charge in [-0.1, -0.05) is 106 Å². The first-order valence-electron chi connectivity index (χ1n) is 17.0. The minimum Gasteiger partial charge on any atom is -0.507 e. The second-order valence-corrected chi connectivity index (χ2v) is 16.6. The fourth-order valence-corrected chi connectivity index (χ4v) is 7.70. The van der Waals surface area contributed by atoms with Crippen molar-refractivity contribution in [2.24, 2.45) is 0 Å². The Hall–Kier alpha value is -4.11. The van der Waals surface area contributed by atoms with Crippen LogP contribution in [0.25, 0.3) is 65.1 Å². The molecule has 50 heavy (non-hydrogen) atoms. The largest absolute Gasteiger partial charge is 0.507 e. The monoisotopic (exact) mass is 854 g/mol. The van der Waals surface area contributed by atoms with Gasteiger partial charge >= 0.3 is 0 Å². The summed E-state index contributed by atoms with van der Waals surface area (Å²) < 4.78 is 1.07. The fourth-order valence-electron chi connectivity index (χ4n) is 6.64. The van der Waals surface area contributed by atoms with Crippen LogP contribution in [0.3, 0.4) is 0 Å². The van der Waals surface area contributed by atoms with Gasteiger partial charge in [-0.15, -0.1) is 46.7 Å². The minimum absolute atomic E-state index is 0. The second-order valence-electron chi connectivity index (χ2n) is 15.5. The molecule has 0 fully saturated rings. The predicted octanol–water partition coefficient (Wildman–Crippen LogP) is 12.5. The number of nitrogens with zero attached hydrogens (tertiary/aromatic N) is 2. The summed E-state index contributed by atoms with van der Waals surface area (Å²) in [5.74, 6) is 0.241. The van der Waals surface area contributed by atoms with E-state index in [-0.39, 0.29) is 37.6 Å². The molecular formula is C45H43N2OPtS-. The van der Waals surface area contributed by atoms with Crippen molar-refractivity contribution in [3.8, 4) is 49.7 Å². The number of hydrogen-bond donors (Lipinski definition) is 1. The standard InChI is InChI=1S/C45H43N2OS.Pt/c1-26-17-27(2)19-31(18-26)32-21-36(42-40(22-32)49-43(47-42)38-23-33(44(4,5)6)13-14-39(38)48)29-11-10-12-30(20-29)37-25-34(45(7,8)9)24-35-28(3)15-16-46-41(35)37;/h10-19,21-25,48H,1-9H3;/q-1;. The van der Waals surface area contributed by atoms with Gasteiger partial charge in [0.05, 0.1) is 11.1 Å². The summed E-state index contributed by atoms with van der Waals surface area (Å²) in [5.41, 5.74) is 15.0. The summed E-state index contributed by atoms with van der Waals surface area (Å²) in [7, 11) is 0. The van der Waals surface area contributed by atoms with Crippen LogP contribution in [0.4, 0.5) is 0 Å². The molecule has 0 bridgehead atoms. The van der Waals surface area contributed by atoms with Crippen LogP contribution in [0, 0.1) is 26.8 Å². The molecule has 0 atom stereocenters. The zero-order valence-corrected chi connectivity index (χ0v) is 33.3. The van der Waals surface area contributed by atoms with E-state index >= 15 is 0 Å². The van der Waals surface area contributed by atoms with E-state index in [0.29, 0.717) is 0 Å². The Balaban J connectivity index is 0.00000432. The quantitative estimate of drug-likeness (QED) is 0.179. The molecule has 2 heterocycles. The average molecular weight is 855 g/mol. The number of phenols is 1. The normalized spacial score (nSPS) is 12.0. The Labute approximate surface area is 314 Å². The van der Waals surface area contributed by atoms with Crippen LogP contribution in [-0.4, -0.2) is 15.1 Å². The van der Waals surface area contributed by atoms with E-state index < -0.39 is 0 Å². The molecule has 7 aromatic rings. The number of thiazole rings is 1. The number of aromatic hydroxyl groups is 1. The Kier molecular flexibility index (Phi) is 9.44. The van der Waals surface area contributed by atoms with Gasteiger partial charge in [-0.3, -0.25) is 4.98 Å². The van der Waals surface area contributed by atoms with Crippen LogP contribution >= 0.6 is 11.3 Å². The van der Waals surface area contributed by atoms with Gasteiger partial charge in [-0.05, 0) is 89.1 Å². The van der Waals surface area contributed by atoms with E-state index in [9.17, 15) is 5.11 Å². The van der Waals surface area contributed by atoms with Crippen LogP contribution in [0.5, 0.6) is 5.75 Å². The Morgan fingerprint density at radius 2 is 1.26 bits per heavy atom. The molecular weight excluding hydrogens is 812 g/mol. The van der Waals surface area contributed by atoms with Crippen molar-refractivity contribution in [1.82, 2.24) is 9.97 Å². The summed E-state index contributed by atoms with van der Waals surface area (Å²) in [4.78, 5) is 10.1. The molecule has 0 unspecified atom stereocenters. The predicted molar refractivity (Wildman–Crippen MR) is 209 cm³/mol. The van der Waals surface area contributed by atoms with E-state index in [1.54, 1.807) is 17.4 Å². The van der Waals surface area contributed by atoms with Crippen molar-refractivity contribution < 1.29 is 26.2 Å². The maximum absolute atomic E-state index is 11.1. The Bertz CT molecular complexity index is 2390. The van der Waals surface area contributed by atoms with Crippen molar-refractivity contribution in [2.75, 3.05) is 0 Å². The van der Waals surface area contributed by atoms with Crippen LogP contribution < -0.4 is 0 Å². The number of pyridine rings is 1. The van der Waals surface area contributed by atoms with Gasteiger partial charge in [0.25, 0.3) is 0 Å². The summed E-state index contributed by atoms with van der Waals surface area (Å²) in [6.45, 7) is 19.8. The maximum Gasteiger partial charge on any atom is 0.127 e. The van der Waals surface area contributed by atoms with Gasteiger partial charge in [0, 0.05) is 37.5 Å². The third-order valence-electron chi connectivity index (χ3n) is 9.45. The Morgan fingerprint density at radius 1 is 0.640 bits per heavy atom. The molecule has 2 aromatic heterocycles. The molecule has 3 nitrogen and oxygen atoms in total. The summed E-state index contributed by atoms with van der Waals surface area (Å²) in [6.07, 6.45) is 1.90. The third-order valence-corrected chi connectivity index (χ3v) is 10.5. The van der Waals surface area contributed by atoms with Crippen molar-refractivity contribution in [1.29, 1.82) is 0 Å². The van der Waals surface area contributed by atoms with E-state index in [1.807, 2.05) is 12.3 Å². The zero-order chi connectivity index (χ0) is 34.8. The third kappa shape index (κ3) is 6.81. The van der Waals surface area contributed by atoms with E-state index in [1.165, 1.54) is 33.2 Å². The number of phenolic OH excluding ortho intramolecular Hbond substituents is 1. The van der Waals surface area contributed by atoms with E-state index in [0.717, 1.165) is 59.7 Å². The van der Waals surface area contributed by atoms with Crippen LogP contribution in [0.15, 0.2) is 91.1 Å². The number of aromatic nitrogens is 2. The van der Waals surface area contributed by atoms with Crippen LogP contribution in [0.2, 0.25) is 0 Å². The molecule has 0 saturated carbocycles. The van der Waals surface area contributed by atoms with Crippen molar-refractivity contribution in [2.45, 2.75) is 73.1 Å². The van der Waals surface area contributed by atoms with Gasteiger partial charge in [-0.25, -0.2) is 4.98 Å². The minimum atomic E-state index is -0.0578. The van der Waals surface area contributed by atoms with Gasteiger partial charge in [0.15, 0.2) is 0 Å². The van der Waals surface area contributed by atoms with Gasteiger partial charge < -0.3 is 5.11 Å². The molecule has 7 rings (SSSR count). The smallest absolute Gasteiger partial charge is 0.127 e. The topological polar surface area (TPSA) is 46.0 Å². The summed E-state index contributed by atoms with van der Waals surface area (Å²) in [6, 6.07) is 34.0. The van der Waals surface area contributed by atoms with Gasteiger partial charge in [0.1, 0.15) is 10.8 Å². The first kappa shape index (κ1) is 35.7. The SMILES string of the molecule is Cc1cc(C)cc(-c2cc(-c3[c-]c(-c4cc(C(C)(C)C)cc5c(C)ccnc45)ccc3)c3nc(-c4cc(C(C)(C)C)ccc4O)sc3c2)c1.[Pt]. The van der Waals surface area contributed by atoms with Crippen LogP contribution in [0.1, 0.15) is 69.4 Å². The molecule has 0 aliphatic carbocycles. The average Bonchev–Trinajstić information content (AvgIpc) is 3.47. The number of fused-ring (bicyclic) bond motifs is 2. The second kappa shape index (κ2) is 13.2. The van der Waals surface area contributed by atoms with Crippen molar-refractivity contribution >= 4 is 32.5 Å². The first-order valence-corrected chi connectivity index (χ1v) is 17.8. The number of rotatable bonds is 4. The van der Waals surface area contributed by atoms with E-state index in [4.69, 9.17) is 9.97 Å². The molecule has 0 aliphatic heterocycles. The maximum atomic E-state index is 11.1. The molecule has 5 heteroatoms. The van der Waals surface area contributed by atoms with Crippen molar-refractivity contribution in [3.63, 3.8) is 0 Å². The van der Waals surface area contributed by atoms with Gasteiger partial charge in [-0.2, -0.15) is 0 Å². The molecule has 0 saturated heterocycles. The molecule has 1 N–H and O–H groups in total. The summed E-state index contributed by atoms with van der Waals surface area (Å²) >= 11 is 1.62.